The summed E-state index contributed by atoms with van der Waals surface area (Å²) in [7, 11) is 0. The summed E-state index contributed by atoms with van der Waals surface area (Å²) in [5, 5.41) is 0. The van der Waals surface area contributed by atoms with Crippen LogP contribution in [0.15, 0.2) is 24.5 Å². The Morgan fingerprint density at radius 3 is 2.81 bits per heavy atom. The normalized spacial score (nSPS) is 44.7. The largest absolute Gasteiger partial charge is 0.378 e. The fraction of sp³-hybridized carbons (Fsp3) is 0.708. The molecule has 0 bridgehead atoms. The molecule has 3 aliphatic carbocycles. The summed E-state index contributed by atoms with van der Waals surface area (Å²) in [5.74, 6) is 2.56. The van der Waals surface area contributed by atoms with E-state index < -0.39 is 0 Å². The van der Waals surface area contributed by atoms with Gasteiger partial charge in [-0.25, -0.2) is 0 Å². The Hall–Kier alpha value is -1.15. The molecule has 1 aromatic heterocycles. The van der Waals surface area contributed by atoms with E-state index in [2.05, 4.69) is 44.1 Å². The lowest BCUT2D eigenvalue weighted by Gasteiger charge is -2.59. The molecule has 0 aromatic carbocycles. The second kappa shape index (κ2) is 5.92. The van der Waals surface area contributed by atoms with Crippen molar-refractivity contribution < 1.29 is 4.74 Å². The van der Waals surface area contributed by atoms with Gasteiger partial charge in [0.15, 0.2) is 0 Å². The summed E-state index contributed by atoms with van der Waals surface area (Å²) < 4.78 is 6.25. The van der Waals surface area contributed by atoms with E-state index in [0.29, 0.717) is 16.9 Å². The zero-order chi connectivity index (χ0) is 17.9. The lowest BCUT2D eigenvalue weighted by molar-refractivity contribution is -0.168. The third kappa shape index (κ3) is 2.30. The minimum Gasteiger partial charge on any atom is -0.378 e. The molecule has 26 heavy (non-hydrogen) atoms. The molecule has 2 saturated carbocycles. The molecule has 5 rings (SSSR count). The summed E-state index contributed by atoms with van der Waals surface area (Å²) in [4.78, 5) is 4.49. The third-order valence-corrected chi connectivity index (χ3v) is 8.73. The van der Waals surface area contributed by atoms with Crippen LogP contribution in [0.1, 0.15) is 69.9 Å². The summed E-state index contributed by atoms with van der Waals surface area (Å²) in [6, 6.07) is 2.34. The van der Waals surface area contributed by atoms with Gasteiger partial charge in [-0.15, -0.1) is 0 Å². The van der Waals surface area contributed by atoms with E-state index in [1.54, 1.807) is 5.57 Å². The van der Waals surface area contributed by atoms with Crippen molar-refractivity contribution in [2.24, 2.45) is 28.6 Å². The highest BCUT2D eigenvalue weighted by Gasteiger charge is 2.58. The van der Waals surface area contributed by atoms with E-state index in [1.807, 2.05) is 6.20 Å². The van der Waals surface area contributed by atoms with Crippen molar-refractivity contribution in [3.8, 4) is 0 Å². The highest BCUT2D eigenvalue weighted by atomic mass is 16.5. The standard InChI is InChI=1S/C24H33NO/c1-16-13-17(15-25-14-16)19-6-7-20-18-5-8-22-24(3,10-4-12-26-22)21(18)9-11-23(19,20)2/h6,13-15,18,20-22H,4-5,7-12H2,1-3H3/t18?,20-,21-,22?,23?,24?/m0/s1. The lowest BCUT2D eigenvalue weighted by atomic mass is 9.47. The maximum atomic E-state index is 6.25. The number of hydrogen-bond donors (Lipinski definition) is 0. The minimum atomic E-state index is 0.343. The molecule has 2 heteroatoms. The van der Waals surface area contributed by atoms with Crippen molar-refractivity contribution in [2.75, 3.05) is 6.61 Å². The first-order valence-corrected chi connectivity index (χ1v) is 10.8. The van der Waals surface area contributed by atoms with Crippen molar-refractivity contribution in [3.05, 3.63) is 35.7 Å². The number of fused-ring (bicyclic) bond motifs is 5. The molecule has 2 nitrogen and oxygen atoms in total. The van der Waals surface area contributed by atoms with Crippen LogP contribution in [-0.4, -0.2) is 17.7 Å². The zero-order valence-corrected chi connectivity index (χ0v) is 16.6. The number of nitrogens with zero attached hydrogens (tertiary/aromatic N) is 1. The Bertz CT molecular complexity index is 739. The molecule has 0 amide bonds. The number of ether oxygens (including phenoxy) is 1. The molecule has 1 saturated heterocycles. The van der Waals surface area contributed by atoms with Crippen molar-refractivity contribution in [1.29, 1.82) is 0 Å². The summed E-state index contributed by atoms with van der Waals surface area (Å²) in [6.45, 7) is 8.27. The molecular formula is C24H33NO. The minimum absolute atomic E-state index is 0.343. The van der Waals surface area contributed by atoms with Crippen molar-refractivity contribution in [2.45, 2.75) is 71.8 Å². The number of rotatable bonds is 1. The smallest absolute Gasteiger partial charge is 0.0631 e. The number of hydrogen-bond acceptors (Lipinski definition) is 2. The topological polar surface area (TPSA) is 22.1 Å². The molecular weight excluding hydrogens is 318 g/mol. The first-order valence-electron chi connectivity index (χ1n) is 10.8. The van der Waals surface area contributed by atoms with Gasteiger partial charge in [0.2, 0.25) is 0 Å². The second-order valence-electron chi connectivity index (χ2n) is 9.98. The van der Waals surface area contributed by atoms with Gasteiger partial charge in [-0.2, -0.15) is 0 Å². The van der Waals surface area contributed by atoms with Gasteiger partial charge < -0.3 is 4.74 Å². The highest BCUT2D eigenvalue weighted by Crippen LogP contribution is 2.65. The monoisotopic (exact) mass is 351 g/mol. The predicted molar refractivity (Wildman–Crippen MR) is 106 cm³/mol. The van der Waals surface area contributed by atoms with E-state index in [4.69, 9.17) is 4.74 Å². The SMILES string of the molecule is Cc1cncc(C2=CC[C@H]3C4CCC5OCCCC5(C)[C@H]4CCC23C)c1. The van der Waals surface area contributed by atoms with Gasteiger partial charge in [0.05, 0.1) is 6.10 Å². The molecule has 0 N–H and O–H groups in total. The van der Waals surface area contributed by atoms with Gasteiger partial charge in [-0.3, -0.25) is 4.98 Å². The Kier molecular flexibility index (Phi) is 3.87. The summed E-state index contributed by atoms with van der Waals surface area (Å²) in [6.07, 6.45) is 16.4. The maximum Gasteiger partial charge on any atom is 0.0631 e. The van der Waals surface area contributed by atoms with Crippen molar-refractivity contribution in [3.63, 3.8) is 0 Å². The molecule has 1 aliphatic heterocycles. The fourth-order valence-corrected chi connectivity index (χ4v) is 7.44. The summed E-state index contributed by atoms with van der Waals surface area (Å²) in [5.41, 5.74) is 5.00. The lowest BCUT2D eigenvalue weighted by Crippen LogP contribution is -2.55. The van der Waals surface area contributed by atoms with Crippen LogP contribution in [0.25, 0.3) is 5.57 Å². The Labute approximate surface area is 158 Å². The van der Waals surface area contributed by atoms with E-state index in [1.165, 1.54) is 56.1 Å². The number of aromatic nitrogens is 1. The van der Waals surface area contributed by atoms with Gasteiger partial charge in [0.1, 0.15) is 0 Å². The average Bonchev–Trinajstić information content (AvgIpc) is 2.98. The number of allylic oxidation sites excluding steroid dienone is 2. The predicted octanol–water partition coefficient (Wildman–Crippen LogP) is 5.80. The third-order valence-electron chi connectivity index (χ3n) is 8.73. The molecule has 4 unspecified atom stereocenters. The van der Waals surface area contributed by atoms with Gasteiger partial charge in [-0.05, 0) is 103 Å². The quantitative estimate of drug-likeness (QED) is 0.637. The molecule has 4 aliphatic rings. The first kappa shape index (κ1) is 17.0. The van der Waals surface area contributed by atoms with Crippen LogP contribution in [0.2, 0.25) is 0 Å². The van der Waals surface area contributed by atoms with E-state index in [0.717, 1.165) is 24.4 Å². The van der Waals surface area contributed by atoms with Crippen molar-refractivity contribution in [1.82, 2.24) is 4.98 Å². The van der Waals surface area contributed by atoms with Crippen LogP contribution >= 0.6 is 0 Å². The Morgan fingerprint density at radius 1 is 1.08 bits per heavy atom. The van der Waals surface area contributed by atoms with E-state index >= 15 is 0 Å². The van der Waals surface area contributed by atoms with Gasteiger partial charge in [0, 0.05) is 19.0 Å². The molecule has 3 fully saturated rings. The van der Waals surface area contributed by atoms with Gasteiger partial charge in [-0.1, -0.05) is 19.9 Å². The molecule has 2 heterocycles. The van der Waals surface area contributed by atoms with E-state index in [9.17, 15) is 0 Å². The fourth-order valence-electron chi connectivity index (χ4n) is 7.44. The van der Waals surface area contributed by atoms with Crippen LogP contribution in [0.5, 0.6) is 0 Å². The molecule has 0 spiro atoms. The van der Waals surface area contributed by atoms with Gasteiger partial charge in [0.25, 0.3) is 0 Å². The first-order chi connectivity index (χ1) is 12.5. The van der Waals surface area contributed by atoms with Gasteiger partial charge >= 0.3 is 0 Å². The Morgan fingerprint density at radius 2 is 1.96 bits per heavy atom. The van der Waals surface area contributed by atoms with Crippen LogP contribution in [0.3, 0.4) is 0 Å². The molecule has 1 aromatic rings. The average molecular weight is 352 g/mol. The number of pyridine rings is 1. The van der Waals surface area contributed by atoms with E-state index in [-0.39, 0.29) is 0 Å². The van der Waals surface area contributed by atoms with Crippen LogP contribution in [0, 0.1) is 35.5 Å². The number of aryl methyl sites for hydroxylation is 1. The zero-order valence-electron chi connectivity index (χ0n) is 16.6. The molecule has 6 atom stereocenters. The second-order valence-corrected chi connectivity index (χ2v) is 9.98. The maximum absolute atomic E-state index is 6.25. The van der Waals surface area contributed by atoms with Crippen LogP contribution < -0.4 is 0 Å². The molecule has 0 radical (unpaired) electrons. The van der Waals surface area contributed by atoms with Crippen LogP contribution in [0.4, 0.5) is 0 Å². The Balaban J connectivity index is 1.46. The van der Waals surface area contributed by atoms with Crippen LogP contribution in [-0.2, 0) is 4.74 Å². The highest BCUT2D eigenvalue weighted by molar-refractivity contribution is 5.72. The summed E-state index contributed by atoms with van der Waals surface area (Å²) >= 11 is 0. The van der Waals surface area contributed by atoms with Crippen molar-refractivity contribution >= 4 is 5.57 Å². The molecule has 140 valence electrons.